The SMILES string of the molecule is OC(c1ccc(F)c(C(F)(F)F)c1)c1cccc(Cl)c1Cl. The molecule has 0 spiro atoms. The van der Waals surface area contributed by atoms with Crippen LogP contribution in [0, 0.1) is 5.82 Å². The van der Waals surface area contributed by atoms with Crippen molar-refractivity contribution in [2.45, 2.75) is 12.3 Å². The zero-order chi connectivity index (χ0) is 15.8. The molecule has 1 atom stereocenters. The molecule has 1 unspecified atom stereocenters. The van der Waals surface area contributed by atoms with Crippen molar-refractivity contribution in [3.63, 3.8) is 0 Å². The molecule has 0 amide bonds. The van der Waals surface area contributed by atoms with Crippen molar-refractivity contribution in [2.24, 2.45) is 0 Å². The maximum absolute atomic E-state index is 13.2. The van der Waals surface area contributed by atoms with Crippen LogP contribution in [0.15, 0.2) is 36.4 Å². The lowest BCUT2D eigenvalue weighted by molar-refractivity contribution is -0.140. The van der Waals surface area contributed by atoms with Crippen LogP contribution in [0.25, 0.3) is 0 Å². The third-order valence-corrected chi connectivity index (χ3v) is 3.72. The zero-order valence-electron chi connectivity index (χ0n) is 10.3. The van der Waals surface area contributed by atoms with E-state index in [9.17, 15) is 22.7 Å². The average Bonchev–Trinajstić information content (AvgIpc) is 2.40. The molecule has 1 N–H and O–H groups in total. The fraction of sp³-hybridized carbons (Fsp3) is 0.143. The van der Waals surface area contributed by atoms with Crippen LogP contribution in [0.1, 0.15) is 22.8 Å². The molecule has 0 saturated carbocycles. The van der Waals surface area contributed by atoms with E-state index in [0.29, 0.717) is 12.1 Å². The molecule has 0 radical (unpaired) electrons. The Balaban J connectivity index is 2.49. The molecule has 0 heterocycles. The fourth-order valence-electron chi connectivity index (χ4n) is 1.84. The van der Waals surface area contributed by atoms with Crippen LogP contribution < -0.4 is 0 Å². The number of hydrogen-bond acceptors (Lipinski definition) is 1. The van der Waals surface area contributed by atoms with E-state index < -0.39 is 23.7 Å². The first kappa shape index (κ1) is 16.1. The molecule has 0 aliphatic carbocycles. The summed E-state index contributed by atoms with van der Waals surface area (Å²) in [6, 6.07) is 6.67. The first-order chi connectivity index (χ1) is 9.71. The number of aliphatic hydroxyl groups is 1. The van der Waals surface area contributed by atoms with Crippen LogP contribution >= 0.6 is 23.2 Å². The molecule has 0 fully saturated rings. The summed E-state index contributed by atoms with van der Waals surface area (Å²) in [5, 5.41) is 10.3. The molecule has 1 nitrogen and oxygen atoms in total. The van der Waals surface area contributed by atoms with E-state index in [0.717, 1.165) is 6.07 Å². The number of rotatable bonds is 2. The molecule has 2 aromatic rings. The van der Waals surface area contributed by atoms with E-state index in [1.54, 1.807) is 0 Å². The second kappa shape index (κ2) is 5.83. The summed E-state index contributed by atoms with van der Waals surface area (Å²) in [6.45, 7) is 0. The largest absolute Gasteiger partial charge is 0.419 e. The monoisotopic (exact) mass is 338 g/mol. The van der Waals surface area contributed by atoms with Gasteiger partial charge in [0, 0.05) is 5.56 Å². The number of hydrogen-bond donors (Lipinski definition) is 1. The molecular weight excluding hydrogens is 331 g/mol. The summed E-state index contributed by atoms with van der Waals surface area (Å²) in [5.74, 6) is -1.41. The third-order valence-electron chi connectivity index (χ3n) is 2.89. The predicted octanol–water partition coefficient (Wildman–Crippen LogP) is 5.23. The highest BCUT2D eigenvalue weighted by atomic mass is 35.5. The highest BCUT2D eigenvalue weighted by Crippen LogP contribution is 2.36. The lowest BCUT2D eigenvalue weighted by atomic mass is 9.99. The molecule has 0 saturated heterocycles. The van der Waals surface area contributed by atoms with Crippen LogP contribution in [-0.2, 0) is 6.18 Å². The second-order valence-corrected chi connectivity index (χ2v) is 5.07. The van der Waals surface area contributed by atoms with Crippen molar-refractivity contribution in [1.82, 2.24) is 0 Å². The topological polar surface area (TPSA) is 20.2 Å². The van der Waals surface area contributed by atoms with Crippen molar-refractivity contribution in [3.8, 4) is 0 Å². The Morgan fingerprint density at radius 2 is 1.71 bits per heavy atom. The average molecular weight is 339 g/mol. The highest BCUT2D eigenvalue weighted by molar-refractivity contribution is 6.42. The quantitative estimate of drug-likeness (QED) is 0.743. The second-order valence-electron chi connectivity index (χ2n) is 4.28. The van der Waals surface area contributed by atoms with Gasteiger partial charge in [0.05, 0.1) is 15.6 Å². The minimum absolute atomic E-state index is 0.0320. The van der Waals surface area contributed by atoms with Crippen molar-refractivity contribution in [1.29, 1.82) is 0 Å². The van der Waals surface area contributed by atoms with E-state index in [4.69, 9.17) is 23.2 Å². The van der Waals surface area contributed by atoms with Gasteiger partial charge in [0.2, 0.25) is 0 Å². The van der Waals surface area contributed by atoms with Crippen molar-refractivity contribution in [3.05, 3.63) is 69.0 Å². The third kappa shape index (κ3) is 3.31. The predicted molar refractivity (Wildman–Crippen MR) is 71.9 cm³/mol. The molecule has 0 aromatic heterocycles. The number of aliphatic hydroxyl groups excluding tert-OH is 1. The van der Waals surface area contributed by atoms with Gasteiger partial charge >= 0.3 is 6.18 Å². The summed E-state index contributed by atoms with van der Waals surface area (Å²) in [6.07, 6.45) is -6.30. The molecule has 2 rings (SSSR count). The first-order valence-corrected chi connectivity index (χ1v) is 6.46. The Hall–Kier alpha value is -1.30. The van der Waals surface area contributed by atoms with Gasteiger partial charge < -0.3 is 5.11 Å². The zero-order valence-corrected chi connectivity index (χ0v) is 11.8. The fourth-order valence-corrected chi connectivity index (χ4v) is 2.25. The summed E-state index contributed by atoms with van der Waals surface area (Å²) in [7, 11) is 0. The van der Waals surface area contributed by atoms with Gasteiger partial charge in [-0.25, -0.2) is 4.39 Å². The smallest absolute Gasteiger partial charge is 0.384 e. The van der Waals surface area contributed by atoms with Crippen molar-refractivity contribution >= 4 is 23.2 Å². The normalized spacial score (nSPS) is 13.3. The highest BCUT2D eigenvalue weighted by Gasteiger charge is 2.34. The minimum atomic E-state index is -4.85. The number of benzene rings is 2. The summed E-state index contributed by atoms with van der Waals surface area (Å²) in [5.41, 5.74) is -1.44. The van der Waals surface area contributed by atoms with E-state index >= 15 is 0 Å². The van der Waals surface area contributed by atoms with Gasteiger partial charge in [0.15, 0.2) is 0 Å². The van der Waals surface area contributed by atoms with Crippen LogP contribution in [0.3, 0.4) is 0 Å². The maximum atomic E-state index is 13.2. The van der Waals surface area contributed by atoms with Crippen LogP contribution in [0.4, 0.5) is 17.6 Å². The molecule has 0 aliphatic rings. The number of halogens is 6. The standard InChI is InChI=1S/C14H8Cl2F4O/c15-10-3-1-2-8(12(10)16)13(21)7-4-5-11(17)9(6-7)14(18,19)20/h1-6,13,21H. The number of alkyl halides is 3. The molecule has 2 aromatic carbocycles. The molecule has 0 aliphatic heterocycles. The van der Waals surface area contributed by atoms with Gasteiger partial charge in [0.25, 0.3) is 0 Å². The van der Waals surface area contributed by atoms with Crippen molar-refractivity contribution < 1.29 is 22.7 Å². The summed E-state index contributed by atoms with van der Waals surface area (Å²) >= 11 is 11.7. The van der Waals surface area contributed by atoms with Gasteiger partial charge in [0.1, 0.15) is 11.9 Å². The maximum Gasteiger partial charge on any atom is 0.419 e. The molecular formula is C14H8Cl2F4O. The van der Waals surface area contributed by atoms with Gasteiger partial charge in [-0.1, -0.05) is 41.4 Å². The van der Waals surface area contributed by atoms with Gasteiger partial charge in [-0.15, -0.1) is 0 Å². The van der Waals surface area contributed by atoms with Crippen molar-refractivity contribution in [2.75, 3.05) is 0 Å². The molecule has 7 heteroatoms. The van der Waals surface area contributed by atoms with E-state index in [-0.39, 0.29) is 21.2 Å². The first-order valence-electron chi connectivity index (χ1n) is 5.70. The molecule has 21 heavy (non-hydrogen) atoms. The van der Waals surface area contributed by atoms with Crippen LogP contribution in [0.5, 0.6) is 0 Å². The van der Waals surface area contributed by atoms with Gasteiger partial charge in [-0.3, -0.25) is 0 Å². The Bertz CT molecular complexity index is 671. The Morgan fingerprint density at radius 1 is 1.05 bits per heavy atom. The molecule has 0 bridgehead atoms. The van der Waals surface area contributed by atoms with E-state index in [1.165, 1.54) is 18.2 Å². The Kier molecular flexibility index (Phi) is 4.46. The Morgan fingerprint density at radius 3 is 2.33 bits per heavy atom. The minimum Gasteiger partial charge on any atom is -0.384 e. The summed E-state index contributed by atoms with van der Waals surface area (Å²) < 4.78 is 51.2. The van der Waals surface area contributed by atoms with Gasteiger partial charge in [-0.05, 0) is 23.8 Å². The lowest BCUT2D eigenvalue weighted by Crippen LogP contribution is -2.10. The van der Waals surface area contributed by atoms with E-state index in [1.807, 2.05) is 0 Å². The van der Waals surface area contributed by atoms with Crippen LogP contribution in [0.2, 0.25) is 10.0 Å². The summed E-state index contributed by atoms with van der Waals surface area (Å²) in [4.78, 5) is 0. The molecule has 112 valence electrons. The van der Waals surface area contributed by atoms with E-state index in [2.05, 4.69) is 0 Å². The lowest BCUT2D eigenvalue weighted by Gasteiger charge is -2.16. The van der Waals surface area contributed by atoms with Gasteiger partial charge in [-0.2, -0.15) is 13.2 Å². The Labute approximate surface area is 127 Å². The van der Waals surface area contributed by atoms with Crippen LogP contribution in [-0.4, -0.2) is 5.11 Å².